The van der Waals surface area contributed by atoms with E-state index >= 15 is 0 Å². The maximum absolute atomic E-state index is 11.6. The van der Waals surface area contributed by atoms with E-state index in [4.69, 9.17) is 5.11 Å². The van der Waals surface area contributed by atoms with Crippen LogP contribution in [0.3, 0.4) is 0 Å². The quantitative estimate of drug-likeness (QED) is 0.664. The lowest BCUT2D eigenvalue weighted by Gasteiger charge is -2.20. The van der Waals surface area contributed by atoms with Crippen molar-refractivity contribution in [2.24, 2.45) is 5.92 Å². The van der Waals surface area contributed by atoms with Gasteiger partial charge in [0, 0.05) is 25.3 Å². The van der Waals surface area contributed by atoms with Gasteiger partial charge in [0.1, 0.15) is 0 Å². The number of aliphatic hydroxyl groups excluding tert-OH is 1. The Morgan fingerprint density at radius 3 is 2.82 bits per heavy atom. The molecule has 17 heavy (non-hydrogen) atoms. The molecule has 0 unspecified atom stereocenters. The van der Waals surface area contributed by atoms with Crippen LogP contribution in [-0.4, -0.2) is 47.2 Å². The molecule has 0 atom stereocenters. The molecule has 1 saturated heterocycles. The minimum atomic E-state index is 0.213. The second-order valence-corrected chi connectivity index (χ2v) is 6.75. The van der Waals surface area contributed by atoms with Gasteiger partial charge in [-0.1, -0.05) is 0 Å². The van der Waals surface area contributed by atoms with Crippen LogP contribution in [0, 0.1) is 5.92 Å². The number of nitrogens with one attached hydrogen (secondary N) is 1. The Kier molecular flexibility index (Phi) is 9.01. The average Bonchev–Trinajstić information content (AvgIpc) is 2.35. The minimum absolute atomic E-state index is 0.213. The van der Waals surface area contributed by atoms with Crippen LogP contribution in [-0.2, 0) is 4.79 Å². The van der Waals surface area contributed by atoms with Crippen molar-refractivity contribution in [3.8, 4) is 0 Å². The van der Waals surface area contributed by atoms with Crippen LogP contribution < -0.4 is 5.32 Å². The summed E-state index contributed by atoms with van der Waals surface area (Å²) < 4.78 is 0. The summed E-state index contributed by atoms with van der Waals surface area (Å²) in [6, 6.07) is 0. The molecule has 3 nitrogen and oxygen atoms in total. The molecule has 0 aliphatic carbocycles. The zero-order chi connectivity index (χ0) is 12.3. The van der Waals surface area contributed by atoms with E-state index in [2.05, 4.69) is 5.32 Å². The SMILES string of the molecule is O=C(CC1CCSCC1)NCCSCCCO. The van der Waals surface area contributed by atoms with Crippen molar-refractivity contribution < 1.29 is 9.90 Å². The summed E-state index contributed by atoms with van der Waals surface area (Å²) in [5.41, 5.74) is 0. The Bertz CT molecular complexity index is 209. The fourth-order valence-electron chi connectivity index (χ4n) is 1.82. The molecule has 1 aliphatic rings. The fourth-order valence-corrected chi connectivity index (χ4v) is 3.80. The first-order chi connectivity index (χ1) is 8.33. The standard InChI is InChI=1S/C12H23NO2S2/c14-5-1-6-16-9-4-13-12(15)10-11-2-7-17-8-3-11/h11,14H,1-10H2,(H,13,15). The highest BCUT2D eigenvalue weighted by Crippen LogP contribution is 2.24. The molecule has 100 valence electrons. The topological polar surface area (TPSA) is 49.3 Å². The van der Waals surface area contributed by atoms with Crippen LogP contribution in [0.25, 0.3) is 0 Å². The molecule has 1 aliphatic heterocycles. The van der Waals surface area contributed by atoms with Crippen molar-refractivity contribution in [3.05, 3.63) is 0 Å². The molecule has 1 heterocycles. The number of thioether (sulfide) groups is 2. The summed E-state index contributed by atoms with van der Waals surface area (Å²) in [5.74, 6) is 5.19. The van der Waals surface area contributed by atoms with Crippen molar-refractivity contribution >= 4 is 29.4 Å². The highest BCUT2D eigenvalue weighted by Gasteiger charge is 2.16. The van der Waals surface area contributed by atoms with E-state index in [1.54, 1.807) is 11.8 Å². The molecule has 0 aromatic rings. The number of amides is 1. The van der Waals surface area contributed by atoms with Gasteiger partial charge in [0.15, 0.2) is 0 Å². The fraction of sp³-hybridized carbons (Fsp3) is 0.917. The first-order valence-corrected chi connectivity index (χ1v) is 8.67. The molecule has 2 N–H and O–H groups in total. The lowest BCUT2D eigenvalue weighted by atomic mass is 9.98. The third kappa shape index (κ3) is 7.95. The monoisotopic (exact) mass is 277 g/mol. The molecule has 1 amide bonds. The number of aliphatic hydroxyl groups is 1. The normalized spacial score (nSPS) is 17.0. The Morgan fingerprint density at radius 2 is 2.12 bits per heavy atom. The van der Waals surface area contributed by atoms with Gasteiger partial charge >= 0.3 is 0 Å². The van der Waals surface area contributed by atoms with Gasteiger partial charge in [-0.05, 0) is 42.4 Å². The van der Waals surface area contributed by atoms with Crippen LogP contribution in [0.15, 0.2) is 0 Å². The third-order valence-electron chi connectivity index (χ3n) is 2.83. The minimum Gasteiger partial charge on any atom is -0.396 e. The Morgan fingerprint density at radius 1 is 1.35 bits per heavy atom. The molecular weight excluding hydrogens is 254 g/mol. The second-order valence-electron chi connectivity index (χ2n) is 4.30. The molecule has 1 rings (SSSR count). The Balaban J connectivity index is 1.93. The number of rotatable bonds is 8. The molecule has 0 aromatic heterocycles. The number of hydrogen-bond acceptors (Lipinski definition) is 4. The molecule has 0 aromatic carbocycles. The highest BCUT2D eigenvalue weighted by atomic mass is 32.2. The van der Waals surface area contributed by atoms with Gasteiger partial charge in [-0.2, -0.15) is 23.5 Å². The van der Waals surface area contributed by atoms with E-state index < -0.39 is 0 Å². The highest BCUT2D eigenvalue weighted by molar-refractivity contribution is 7.99. The van der Waals surface area contributed by atoms with Crippen LogP contribution in [0.4, 0.5) is 0 Å². The molecule has 0 radical (unpaired) electrons. The van der Waals surface area contributed by atoms with Crippen molar-refractivity contribution in [1.82, 2.24) is 5.32 Å². The average molecular weight is 277 g/mol. The lowest BCUT2D eigenvalue weighted by molar-refractivity contribution is -0.121. The summed E-state index contributed by atoms with van der Waals surface area (Å²) in [6.45, 7) is 1.02. The zero-order valence-corrected chi connectivity index (χ0v) is 12.0. The van der Waals surface area contributed by atoms with E-state index in [-0.39, 0.29) is 12.5 Å². The first kappa shape index (κ1) is 15.2. The smallest absolute Gasteiger partial charge is 0.220 e. The summed E-state index contributed by atoms with van der Waals surface area (Å²) in [4.78, 5) is 11.6. The number of carbonyl (C=O) groups excluding carboxylic acids is 1. The van der Waals surface area contributed by atoms with E-state index in [1.165, 1.54) is 24.3 Å². The van der Waals surface area contributed by atoms with Crippen LogP contribution in [0.5, 0.6) is 0 Å². The Labute approximate surface area is 112 Å². The predicted octanol–water partition coefficient (Wildman–Crippen LogP) is 1.75. The lowest BCUT2D eigenvalue weighted by Crippen LogP contribution is -2.28. The second kappa shape index (κ2) is 10.1. The van der Waals surface area contributed by atoms with Gasteiger partial charge < -0.3 is 10.4 Å². The summed E-state index contributed by atoms with van der Waals surface area (Å²) in [5, 5.41) is 11.6. The van der Waals surface area contributed by atoms with Crippen molar-refractivity contribution in [1.29, 1.82) is 0 Å². The van der Waals surface area contributed by atoms with Crippen molar-refractivity contribution in [2.75, 3.05) is 36.2 Å². The van der Waals surface area contributed by atoms with E-state index in [0.717, 1.165) is 24.5 Å². The summed E-state index contributed by atoms with van der Waals surface area (Å²) >= 11 is 3.79. The van der Waals surface area contributed by atoms with Crippen LogP contribution in [0.1, 0.15) is 25.7 Å². The van der Waals surface area contributed by atoms with Gasteiger partial charge in [0.25, 0.3) is 0 Å². The van der Waals surface area contributed by atoms with Crippen LogP contribution in [0.2, 0.25) is 0 Å². The van der Waals surface area contributed by atoms with Gasteiger partial charge in [0.05, 0.1) is 0 Å². The molecule has 5 heteroatoms. The molecule has 1 fully saturated rings. The van der Waals surface area contributed by atoms with Gasteiger partial charge in [-0.25, -0.2) is 0 Å². The largest absolute Gasteiger partial charge is 0.396 e. The molecule has 0 spiro atoms. The maximum Gasteiger partial charge on any atom is 0.220 e. The number of carbonyl (C=O) groups is 1. The van der Waals surface area contributed by atoms with E-state index in [0.29, 0.717) is 12.3 Å². The molecular formula is C12H23NO2S2. The zero-order valence-electron chi connectivity index (χ0n) is 10.3. The predicted molar refractivity (Wildman–Crippen MR) is 76.7 cm³/mol. The van der Waals surface area contributed by atoms with E-state index in [9.17, 15) is 4.79 Å². The Hall–Kier alpha value is 0.130. The maximum atomic E-state index is 11.6. The summed E-state index contributed by atoms with van der Waals surface area (Å²) in [6.07, 6.45) is 3.95. The van der Waals surface area contributed by atoms with Gasteiger partial charge in [-0.15, -0.1) is 0 Å². The molecule has 0 bridgehead atoms. The first-order valence-electron chi connectivity index (χ1n) is 6.36. The third-order valence-corrected chi connectivity index (χ3v) is 4.95. The van der Waals surface area contributed by atoms with Gasteiger partial charge in [-0.3, -0.25) is 4.79 Å². The van der Waals surface area contributed by atoms with Gasteiger partial charge in [0.2, 0.25) is 5.91 Å². The van der Waals surface area contributed by atoms with E-state index in [1.807, 2.05) is 11.8 Å². The van der Waals surface area contributed by atoms with Crippen LogP contribution >= 0.6 is 23.5 Å². The summed E-state index contributed by atoms with van der Waals surface area (Å²) in [7, 11) is 0. The van der Waals surface area contributed by atoms with Crippen molar-refractivity contribution in [3.63, 3.8) is 0 Å². The molecule has 0 saturated carbocycles. The number of hydrogen-bond donors (Lipinski definition) is 2. The van der Waals surface area contributed by atoms with Crippen molar-refractivity contribution in [2.45, 2.75) is 25.7 Å².